The number of hydrogen-bond donors (Lipinski definition) is 0. The highest BCUT2D eigenvalue weighted by molar-refractivity contribution is 14.1. The SMILES string of the molecule is COC(=O)[C@@H]1OC2(O[C@H]1C(=O)OC)c1ccccc1C[C@@H]2I. The third-order valence-electron chi connectivity index (χ3n) is 3.95. The minimum absolute atomic E-state index is 0.0655. The van der Waals surface area contributed by atoms with Crippen LogP contribution in [-0.2, 0) is 40.7 Å². The van der Waals surface area contributed by atoms with Crippen molar-refractivity contribution in [2.45, 2.75) is 28.3 Å². The quantitative estimate of drug-likeness (QED) is 0.410. The Morgan fingerprint density at radius 3 is 2.23 bits per heavy atom. The zero-order valence-electron chi connectivity index (χ0n) is 12.1. The number of ether oxygens (including phenoxy) is 4. The maximum absolute atomic E-state index is 12.0. The van der Waals surface area contributed by atoms with Gasteiger partial charge >= 0.3 is 11.9 Å². The fourth-order valence-electron chi connectivity index (χ4n) is 2.91. The van der Waals surface area contributed by atoms with Crippen LogP contribution in [0, 0.1) is 0 Å². The number of esters is 2. The molecule has 0 saturated carbocycles. The molecule has 0 radical (unpaired) electrons. The van der Waals surface area contributed by atoms with Crippen LogP contribution in [0.3, 0.4) is 0 Å². The van der Waals surface area contributed by atoms with Gasteiger partial charge in [0, 0.05) is 5.56 Å². The van der Waals surface area contributed by atoms with Crippen molar-refractivity contribution in [2.75, 3.05) is 14.2 Å². The molecule has 0 N–H and O–H groups in total. The zero-order chi connectivity index (χ0) is 15.9. The lowest BCUT2D eigenvalue weighted by atomic mass is 10.1. The van der Waals surface area contributed by atoms with Gasteiger partial charge in [0.2, 0.25) is 5.79 Å². The second-order valence-corrected chi connectivity index (χ2v) is 6.62. The molecule has 1 aromatic rings. The van der Waals surface area contributed by atoms with E-state index in [0.717, 1.165) is 17.5 Å². The molecule has 1 aromatic carbocycles. The predicted octanol–water partition coefficient (Wildman–Crippen LogP) is 1.33. The summed E-state index contributed by atoms with van der Waals surface area (Å²) in [6.45, 7) is 0. The van der Waals surface area contributed by atoms with Gasteiger partial charge in [-0.05, 0) is 12.0 Å². The molecule has 0 unspecified atom stereocenters. The zero-order valence-corrected chi connectivity index (χ0v) is 14.2. The molecule has 7 heteroatoms. The number of halogens is 1. The third kappa shape index (κ3) is 2.22. The van der Waals surface area contributed by atoms with Crippen LogP contribution in [0.15, 0.2) is 24.3 Å². The second kappa shape index (κ2) is 5.78. The normalized spacial score (nSPS) is 28.4. The van der Waals surface area contributed by atoms with E-state index < -0.39 is 29.9 Å². The molecule has 1 saturated heterocycles. The number of rotatable bonds is 2. The van der Waals surface area contributed by atoms with E-state index in [1.54, 1.807) is 0 Å². The van der Waals surface area contributed by atoms with Crippen LogP contribution in [0.4, 0.5) is 0 Å². The molecular formula is C15H15IO6. The topological polar surface area (TPSA) is 71.1 Å². The minimum Gasteiger partial charge on any atom is -0.467 e. The van der Waals surface area contributed by atoms with Gasteiger partial charge in [-0.2, -0.15) is 0 Å². The number of carbonyl (C=O) groups excluding carboxylic acids is 2. The van der Waals surface area contributed by atoms with Gasteiger partial charge < -0.3 is 18.9 Å². The monoisotopic (exact) mass is 418 g/mol. The second-order valence-electron chi connectivity index (χ2n) is 5.12. The van der Waals surface area contributed by atoms with Crippen molar-refractivity contribution in [2.24, 2.45) is 0 Å². The van der Waals surface area contributed by atoms with E-state index in [2.05, 4.69) is 22.6 Å². The Bertz CT molecular complexity index is 592. The van der Waals surface area contributed by atoms with E-state index in [0.29, 0.717) is 0 Å². The van der Waals surface area contributed by atoms with Crippen LogP contribution in [-0.4, -0.2) is 42.3 Å². The largest absolute Gasteiger partial charge is 0.467 e. The standard InChI is InChI=1S/C15H15IO6/c1-19-13(17)11-12(14(18)20-2)22-15(21-11)9-6-4-3-5-8(9)7-10(15)16/h3-6,10-12H,7H2,1-2H3/t10-,11+,12+/m0/s1. The van der Waals surface area contributed by atoms with E-state index in [1.807, 2.05) is 24.3 Å². The number of hydrogen-bond acceptors (Lipinski definition) is 6. The van der Waals surface area contributed by atoms with Crippen molar-refractivity contribution in [3.05, 3.63) is 35.4 Å². The Hall–Kier alpha value is -1.19. The molecule has 2 aliphatic rings. The van der Waals surface area contributed by atoms with Gasteiger partial charge in [-0.15, -0.1) is 0 Å². The molecule has 1 spiro atoms. The molecular weight excluding hydrogens is 403 g/mol. The van der Waals surface area contributed by atoms with Crippen LogP contribution in [0.25, 0.3) is 0 Å². The van der Waals surface area contributed by atoms with Crippen molar-refractivity contribution in [3.8, 4) is 0 Å². The van der Waals surface area contributed by atoms with Crippen molar-refractivity contribution in [1.29, 1.82) is 0 Å². The van der Waals surface area contributed by atoms with Gasteiger partial charge in [-0.3, -0.25) is 0 Å². The number of methoxy groups -OCH3 is 2. The molecule has 22 heavy (non-hydrogen) atoms. The highest BCUT2D eigenvalue weighted by Gasteiger charge is 2.61. The smallest absolute Gasteiger partial charge is 0.338 e. The summed E-state index contributed by atoms with van der Waals surface area (Å²) in [4.78, 5) is 23.9. The predicted molar refractivity (Wildman–Crippen MR) is 83.4 cm³/mol. The van der Waals surface area contributed by atoms with Gasteiger partial charge in [-0.1, -0.05) is 46.9 Å². The first-order valence-corrected chi connectivity index (χ1v) is 8.02. The highest BCUT2D eigenvalue weighted by atomic mass is 127. The van der Waals surface area contributed by atoms with Crippen molar-refractivity contribution in [1.82, 2.24) is 0 Å². The Morgan fingerprint density at radius 1 is 1.14 bits per heavy atom. The third-order valence-corrected chi connectivity index (χ3v) is 5.21. The summed E-state index contributed by atoms with van der Waals surface area (Å²) in [5.41, 5.74) is 1.92. The van der Waals surface area contributed by atoms with Crippen LogP contribution in [0.1, 0.15) is 11.1 Å². The number of fused-ring (bicyclic) bond motifs is 2. The molecule has 1 aliphatic carbocycles. The Morgan fingerprint density at radius 2 is 1.68 bits per heavy atom. The molecule has 1 fully saturated rings. The maximum Gasteiger partial charge on any atom is 0.338 e. The molecule has 6 nitrogen and oxygen atoms in total. The fraction of sp³-hybridized carbons (Fsp3) is 0.467. The van der Waals surface area contributed by atoms with Gasteiger partial charge in [0.25, 0.3) is 0 Å². The highest BCUT2D eigenvalue weighted by Crippen LogP contribution is 2.50. The molecule has 0 amide bonds. The summed E-state index contributed by atoms with van der Waals surface area (Å²) in [6, 6.07) is 7.69. The average molecular weight is 418 g/mol. The first kappa shape index (κ1) is 15.7. The molecule has 1 heterocycles. The Kier molecular flexibility index (Phi) is 4.13. The van der Waals surface area contributed by atoms with Gasteiger partial charge in [0.1, 0.15) is 0 Å². The lowest BCUT2D eigenvalue weighted by molar-refractivity contribution is -0.188. The molecule has 0 aromatic heterocycles. The van der Waals surface area contributed by atoms with Crippen LogP contribution >= 0.6 is 22.6 Å². The summed E-state index contributed by atoms with van der Waals surface area (Å²) in [7, 11) is 2.49. The van der Waals surface area contributed by atoms with E-state index in [1.165, 1.54) is 14.2 Å². The molecule has 118 valence electrons. The maximum atomic E-state index is 12.0. The van der Waals surface area contributed by atoms with Crippen LogP contribution < -0.4 is 0 Å². The lowest BCUT2D eigenvalue weighted by Crippen LogP contribution is -2.38. The summed E-state index contributed by atoms with van der Waals surface area (Å²) in [5, 5.41) is 0. The molecule has 1 aliphatic heterocycles. The van der Waals surface area contributed by atoms with E-state index in [4.69, 9.17) is 18.9 Å². The van der Waals surface area contributed by atoms with Gasteiger partial charge in [0.15, 0.2) is 12.2 Å². The van der Waals surface area contributed by atoms with E-state index in [-0.39, 0.29) is 3.92 Å². The number of carbonyl (C=O) groups is 2. The average Bonchev–Trinajstić information content (AvgIpc) is 3.07. The first-order chi connectivity index (χ1) is 10.5. The van der Waals surface area contributed by atoms with E-state index >= 15 is 0 Å². The lowest BCUT2D eigenvalue weighted by Gasteiger charge is -2.27. The van der Waals surface area contributed by atoms with Crippen molar-refractivity contribution < 1.29 is 28.5 Å². The molecule has 3 atom stereocenters. The minimum atomic E-state index is -1.14. The summed E-state index contributed by atoms with van der Waals surface area (Å²) >= 11 is 2.22. The summed E-state index contributed by atoms with van der Waals surface area (Å²) < 4.78 is 21.3. The number of alkyl halides is 1. The van der Waals surface area contributed by atoms with Crippen molar-refractivity contribution in [3.63, 3.8) is 0 Å². The first-order valence-electron chi connectivity index (χ1n) is 6.77. The Balaban J connectivity index is 2.03. The summed E-state index contributed by atoms with van der Waals surface area (Å²) in [5.74, 6) is -2.44. The van der Waals surface area contributed by atoms with Gasteiger partial charge in [-0.25, -0.2) is 9.59 Å². The number of benzene rings is 1. The van der Waals surface area contributed by atoms with Gasteiger partial charge in [0.05, 0.1) is 18.1 Å². The van der Waals surface area contributed by atoms with Crippen LogP contribution in [0.5, 0.6) is 0 Å². The van der Waals surface area contributed by atoms with Crippen LogP contribution in [0.2, 0.25) is 0 Å². The van der Waals surface area contributed by atoms with E-state index in [9.17, 15) is 9.59 Å². The molecule has 0 bridgehead atoms. The van der Waals surface area contributed by atoms with Crippen molar-refractivity contribution >= 4 is 34.5 Å². The fourth-order valence-corrected chi connectivity index (χ4v) is 4.02. The Labute approximate surface area is 141 Å². The molecule has 3 rings (SSSR count). The summed E-state index contributed by atoms with van der Waals surface area (Å²) in [6.07, 6.45) is -1.54.